The fourth-order valence-electron chi connectivity index (χ4n) is 0.478. The van der Waals surface area contributed by atoms with Crippen LogP contribution >= 0.6 is 11.6 Å². The van der Waals surface area contributed by atoms with Crippen molar-refractivity contribution in [1.82, 2.24) is 5.32 Å². The van der Waals surface area contributed by atoms with Crippen molar-refractivity contribution in [3.63, 3.8) is 0 Å². The Morgan fingerprint density at radius 3 is 2.70 bits per heavy atom. The van der Waals surface area contributed by atoms with E-state index in [-0.39, 0.29) is 17.8 Å². The van der Waals surface area contributed by atoms with E-state index in [1.54, 1.807) is 0 Å². The Labute approximate surface area is 64.7 Å². The summed E-state index contributed by atoms with van der Waals surface area (Å²) in [5.74, 6) is -0.398. The van der Waals surface area contributed by atoms with E-state index >= 15 is 0 Å². The summed E-state index contributed by atoms with van der Waals surface area (Å²) in [5.41, 5.74) is 0. The normalized spacial score (nSPS) is 12.2. The zero-order chi connectivity index (χ0) is 7.98. The summed E-state index contributed by atoms with van der Waals surface area (Å²) in [5, 5.41) is 2.43. The van der Waals surface area contributed by atoms with Crippen LogP contribution in [-0.4, -0.2) is 24.1 Å². The van der Waals surface area contributed by atoms with Crippen molar-refractivity contribution >= 4 is 23.8 Å². The van der Waals surface area contributed by atoms with Gasteiger partial charge in [-0.1, -0.05) is 6.92 Å². The maximum absolute atomic E-state index is 10.5. The molecule has 3 nitrogen and oxygen atoms in total. The predicted molar refractivity (Wildman–Crippen MR) is 39.0 cm³/mol. The van der Waals surface area contributed by atoms with Crippen LogP contribution in [0.5, 0.6) is 0 Å². The third-order valence-corrected chi connectivity index (χ3v) is 1.31. The maximum atomic E-state index is 10.5. The summed E-state index contributed by atoms with van der Waals surface area (Å²) in [4.78, 5) is 20.7. The largest absolute Gasteiger partial charge is 0.346 e. The van der Waals surface area contributed by atoms with Crippen molar-refractivity contribution in [1.29, 1.82) is 0 Å². The molecule has 1 amide bonds. The van der Waals surface area contributed by atoms with Gasteiger partial charge in [-0.3, -0.25) is 4.79 Å². The molecule has 1 N–H and O–H groups in total. The van der Waals surface area contributed by atoms with Gasteiger partial charge in [0.15, 0.2) is 0 Å². The Hall–Kier alpha value is -0.570. The van der Waals surface area contributed by atoms with Crippen LogP contribution in [0.25, 0.3) is 0 Å². The van der Waals surface area contributed by atoms with E-state index in [2.05, 4.69) is 5.32 Å². The van der Waals surface area contributed by atoms with Crippen molar-refractivity contribution < 1.29 is 9.59 Å². The molecule has 0 aromatic rings. The molecule has 0 saturated heterocycles. The summed E-state index contributed by atoms with van der Waals surface area (Å²) in [6, 6.07) is -0.383. The first kappa shape index (κ1) is 9.43. The molecule has 4 heteroatoms. The van der Waals surface area contributed by atoms with Crippen molar-refractivity contribution in [3.05, 3.63) is 0 Å². The van der Waals surface area contributed by atoms with Gasteiger partial charge in [0.1, 0.15) is 12.2 Å². The SMILES string of the molecule is CC[C@H](C=O)NC(=O)CCl. The van der Waals surface area contributed by atoms with Gasteiger partial charge in [0.05, 0.1) is 6.04 Å². The molecule has 0 aromatic heterocycles. The van der Waals surface area contributed by atoms with Gasteiger partial charge in [0.25, 0.3) is 0 Å². The molecule has 0 aromatic carbocycles. The van der Waals surface area contributed by atoms with Crippen LogP contribution in [0.4, 0.5) is 0 Å². The molecule has 0 saturated carbocycles. The fourth-order valence-corrected chi connectivity index (χ4v) is 0.555. The molecule has 0 aliphatic carbocycles. The first-order valence-corrected chi connectivity index (χ1v) is 3.58. The zero-order valence-electron chi connectivity index (χ0n) is 5.76. The van der Waals surface area contributed by atoms with E-state index in [0.717, 1.165) is 0 Å². The summed E-state index contributed by atoms with van der Waals surface area (Å²) in [6.45, 7) is 1.81. The lowest BCUT2D eigenvalue weighted by Crippen LogP contribution is -2.36. The zero-order valence-corrected chi connectivity index (χ0v) is 6.52. The van der Waals surface area contributed by atoms with E-state index in [4.69, 9.17) is 11.6 Å². The number of aldehydes is 1. The lowest BCUT2D eigenvalue weighted by atomic mass is 10.2. The number of alkyl halides is 1. The topological polar surface area (TPSA) is 46.2 Å². The lowest BCUT2D eigenvalue weighted by Gasteiger charge is -2.07. The molecule has 0 bridgehead atoms. The lowest BCUT2D eigenvalue weighted by molar-refractivity contribution is -0.122. The highest BCUT2D eigenvalue weighted by Gasteiger charge is 2.06. The van der Waals surface area contributed by atoms with Gasteiger partial charge < -0.3 is 10.1 Å². The molecule has 0 aliphatic heterocycles. The van der Waals surface area contributed by atoms with E-state index in [1.807, 2.05) is 6.92 Å². The second-order valence-electron chi connectivity index (χ2n) is 1.85. The van der Waals surface area contributed by atoms with Crippen molar-refractivity contribution in [2.75, 3.05) is 5.88 Å². The highest BCUT2D eigenvalue weighted by Crippen LogP contribution is 1.85. The second-order valence-corrected chi connectivity index (χ2v) is 2.12. The molecular formula is C6H10ClNO2. The molecule has 1 atom stereocenters. The van der Waals surface area contributed by atoms with Gasteiger partial charge in [-0.2, -0.15) is 0 Å². The van der Waals surface area contributed by atoms with E-state index in [9.17, 15) is 9.59 Å². The number of amides is 1. The Morgan fingerprint density at radius 1 is 1.80 bits per heavy atom. The van der Waals surface area contributed by atoms with Crippen LogP contribution in [0.1, 0.15) is 13.3 Å². The quantitative estimate of drug-likeness (QED) is 0.479. The van der Waals surface area contributed by atoms with Gasteiger partial charge in [0, 0.05) is 0 Å². The van der Waals surface area contributed by atoms with Crippen LogP contribution < -0.4 is 5.32 Å². The van der Waals surface area contributed by atoms with Gasteiger partial charge >= 0.3 is 0 Å². The van der Waals surface area contributed by atoms with Crippen molar-refractivity contribution in [2.45, 2.75) is 19.4 Å². The second kappa shape index (κ2) is 5.23. The minimum absolute atomic E-state index is 0.0929. The average Bonchev–Trinajstić information content (AvgIpc) is 1.99. The Morgan fingerprint density at radius 2 is 2.40 bits per heavy atom. The van der Waals surface area contributed by atoms with E-state index < -0.39 is 0 Å². The number of hydrogen-bond acceptors (Lipinski definition) is 2. The molecule has 10 heavy (non-hydrogen) atoms. The third kappa shape index (κ3) is 3.45. The molecule has 0 radical (unpaired) electrons. The van der Waals surface area contributed by atoms with Crippen LogP contribution in [-0.2, 0) is 9.59 Å². The van der Waals surface area contributed by atoms with Crippen LogP contribution in [0.3, 0.4) is 0 Å². The molecule has 0 heterocycles. The van der Waals surface area contributed by atoms with Gasteiger partial charge in [-0.15, -0.1) is 11.6 Å². The Balaban J connectivity index is 3.62. The predicted octanol–water partition coefficient (Wildman–Crippen LogP) is 0.319. The third-order valence-electron chi connectivity index (χ3n) is 1.07. The Bertz CT molecular complexity index is 127. The average molecular weight is 164 g/mol. The highest BCUT2D eigenvalue weighted by molar-refractivity contribution is 6.27. The molecule has 0 unspecified atom stereocenters. The minimum Gasteiger partial charge on any atom is -0.346 e. The number of rotatable bonds is 4. The molecular weight excluding hydrogens is 154 g/mol. The van der Waals surface area contributed by atoms with Crippen LogP contribution in [0, 0.1) is 0 Å². The summed E-state index contributed by atoms with van der Waals surface area (Å²) < 4.78 is 0. The van der Waals surface area contributed by atoms with Gasteiger partial charge in [0.2, 0.25) is 5.91 Å². The summed E-state index contributed by atoms with van der Waals surface area (Å²) >= 11 is 5.18. The van der Waals surface area contributed by atoms with Gasteiger partial charge in [-0.05, 0) is 6.42 Å². The molecule has 58 valence electrons. The molecule has 0 fully saturated rings. The molecule has 0 spiro atoms. The standard InChI is InChI=1S/C6H10ClNO2/c1-2-5(4-9)8-6(10)3-7/h4-5H,2-3H2,1H3,(H,8,10)/t5-/m1/s1. The fraction of sp³-hybridized carbons (Fsp3) is 0.667. The number of hydrogen-bond donors (Lipinski definition) is 1. The van der Waals surface area contributed by atoms with E-state index in [1.165, 1.54) is 0 Å². The highest BCUT2D eigenvalue weighted by atomic mass is 35.5. The number of carbonyl (C=O) groups excluding carboxylic acids is 2. The maximum Gasteiger partial charge on any atom is 0.235 e. The number of halogens is 1. The van der Waals surface area contributed by atoms with Crippen LogP contribution in [0.15, 0.2) is 0 Å². The van der Waals surface area contributed by atoms with Gasteiger partial charge in [-0.25, -0.2) is 0 Å². The monoisotopic (exact) mass is 163 g/mol. The number of carbonyl (C=O) groups is 2. The minimum atomic E-state index is -0.383. The molecule has 0 aliphatic rings. The van der Waals surface area contributed by atoms with Crippen molar-refractivity contribution in [2.24, 2.45) is 0 Å². The van der Waals surface area contributed by atoms with Crippen LogP contribution in [0.2, 0.25) is 0 Å². The first-order chi connectivity index (χ1) is 4.74. The molecule has 0 rings (SSSR count). The smallest absolute Gasteiger partial charge is 0.235 e. The van der Waals surface area contributed by atoms with Crippen molar-refractivity contribution in [3.8, 4) is 0 Å². The summed E-state index contributed by atoms with van der Waals surface area (Å²) in [7, 11) is 0. The Kier molecular flexibility index (Phi) is 4.94. The summed E-state index contributed by atoms with van der Waals surface area (Å²) in [6.07, 6.45) is 1.30. The first-order valence-electron chi connectivity index (χ1n) is 3.05. The van der Waals surface area contributed by atoms with E-state index in [0.29, 0.717) is 12.7 Å². The number of nitrogens with one attached hydrogen (secondary N) is 1.